The van der Waals surface area contributed by atoms with Crippen LogP contribution in [0.1, 0.15) is 62.8 Å². The summed E-state index contributed by atoms with van der Waals surface area (Å²) in [6, 6.07) is 6.23. The van der Waals surface area contributed by atoms with Crippen LogP contribution in [0.3, 0.4) is 0 Å². The monoisotopic (exact) mass is 376 g/mol. The lowest BCUT2D eigenvalue weighted by Gasteiger charge is -2.40. The largest absolute Gasteiger partial charge is 0.444 e. The van der Waals surface area contributed by atoms with Gasteiger partial charge in [0, 0.05) is 18.1 Å². The molecule has 0 bridgehead atoms. The van der Waals surface area contributed by atoms with Gasteiger partial charge in [-0.2, -0.15) is 5.26 Å². The van der Waals surface area contributed by atoms with Crippen molar-refractivity contribution in [3.05, 3.63) is 33.8 Å². The minimum Gasteiger partial charge on any atom is -0.444 e. The molecule has 3 rings (SSSR count). The molecule has 1 atom stereocenters. The lowest BCUT2D eigenvalue weighted by Crippen LogP contribution is -2.46. The van der Waals surface area contributed by atoms with Crippen LogP contribution in [0, 0.1) is 18.3 Å². The molecule has 0 radical (unpaired) electrons. The lowest BCUT2D eigenvalue weighted by atomic mass is 9.83. The first-order valence-electron chi connectivity index (χ1n) is 8.98. The average molecular weight is 377 g/mol. The van der Waals surface area contributed by atoms with Crippen LogP contribution in [-0.2, 0) is 15.1 Å². The van der Waals surface area contributed by atoms with Crippen LogP contribution in [0.2, 0.25) is 5.02 Å². The minimum atomic E-state index is -0.508. The van der Waals surface area contributed by atoms with Gasteiger partial charge in [0.1, 0.15) is 5.60 Å². The number of carbonyl (C=O) groups excluding carboxylic acids is 1. The quantitative estimate of drug-likeness (QED) is 0.702. The third-order valence-electron chi connectivity index (χ3n) is 5.04. The van der Waals surface area contributed by atoms with E-state index in [9.17, 15) is 4.79 Å². The zero-order valence-corrected chi connectivity index (χ0v) is 16.5. The fraction of sp³-hybridized carbons (Fsp3) is 0.600. The number of aryl methyl sites for hydroxylation is 1. The number of fused-ring (bicyclic) bond motifs is 2. The Hall–Kier alpha value is -1.77. The SMILES string of the molecule is Cc1cc2c(cc1Cl)C1(CCN(C(=O)OC(C)(C)C)CC1)OC2CC#N. The van der Waals surface area contributed by atoms with Crippen LogP contribution in [0.25, 0.3) is 0 Å². The van der Waals surface area contributed by atoms with Gasteiger partial charge < -0.3 is 14.4 Å². The molecule has 1 fully saturated rings. The van der Waals surface area contributed by atoms with Gasteiger partial charge in [-0.1, -0.05) is 17.7 Å². The maximum atomic E-state index is 12.3. The highest BCUT2D eigenvalue weighted by Crippen LogP contribution is 2.51. The first-order valence-corrected chi connectivity index (χ1v) is 9.36. The van der Waals surface area contributed by atoms with E-state index in [2.05, 4.69) is 6.07 Å². The van der Waals surface area contributed by atoms with Gasteiger partial charge in [0.25, 0.3) is 0 Å². The Balaban J connectivity index is 1.82. The molecule has 0 N–H and O–H groups in total. The molecule has 1 aromatic rings. The Kier molecular flexibility index (Phi) is 4.94. The van der Waals surface area contributed by atoms with Gasteiger partial charge in [0.15, 0.2) is 0 Å². The maximum Gasteiger partial charge on any atom is 0.410 e. The summed E-state index contributed by atoms with van der Waals surface area (Å²) in [4.78, 5) is 14.1. The van der Waals surface area contributed by atoms with Crippen molar-refractivity contribution in [3.63, 3.8) is 0 Å². The zero-order chi connectivity index (χ0) is 19.1. The van der Waals surface area contributed by atoms with E-state index in [1.807, 2.05) is 39.8 Å². The Morgan fingerprint density at radius 1 is 1.42 bits per heavy atom. The van der Waals surface area contributed by atoms with E-state index in [0.717, 1.165) is 16.7 Å². The summed E-state index contributed by atoms with van der Waals surface area (Å²) in [5.74, 6) is 0. The molecule has 0 saturated carbocycles. The normalized spacial score (nSPS) is 21.4. The summed E-state index contributed by atoms with van der Waals surface area (Å²) in [6.45, 7) is 8.66. The van der Waals surface area contributed by atoms with Crippen LogP contribution in [0.5, 0.6) is 0 Å². The van der Waals surface area contributed by atoms with E-state index in [-0.39, 0.29) is 12.2 Å². The molecule has 0 aromatic heterocycles. The van der Waals surface area contributed by atoms with Crippen molar-refractivity contribution >= 4 is 17.7 Å². The summed E-state index contributed by atoms with van der Waals surface area (Å²) in [5.41, 5.74) is 2.12. The van der Waals surface area contributed by atoms with Gasteiger partial charge in [0.2, 0.25) is 0 Å². The molecular formula is C20H25ClN2O3. The molecule has 2 aliphatic rings. The molecule has 1 aromatic carbocycles. The van der Waals surface area contributed by atoms with Crippen LogP contribution in [-0.4, -0.2) is 29.7 Å². The lowest BCUT2D eigenvalue weighted by molar-refractivity contribution is -0.107. The first kappa shape index (κ1) is 19.0. The van der Waals surface area contributed by atoms with E-state index >= 15 is 0 Å². The molecular weight excluding hydrogens is 352 g/mol. The number of likely N-dealkylation sites (tertiary alicyclic amines) is 1. The van der Waals surface area contributed by atoms with Gasteiger partial charge >= 0.3 is 6.09 Å². The number of benzene rings is 1. The number of nitrogens with zero attached hydrogens (tertiary/aromatic N) is 2. The number of amides is 1. The van der Waals surface area contributed by atoms with Crippen LogP contribution in [0.4, 0.5) is 4.79 Å². The predicted molar refractivity (Wildman–Crippen MR) is 99.0 cm³/mol. The molecule has 2 heterocycles. The van der Waals surface area contributed by atoms with Gasteiger partial charge in [-0.25, -0.2) is 4.79 Å². The number of nitriles is 1. The molecule has 1 unspecified atom stereocenters. The topological polar surface area (TPSA) is 62.6 Å². The second-order valence-electron chi connectivity index (χ2n) is 8.12. The van der Waals surface area contributed by atoms with E-state index < -0.39 is 11.2 Å². The molecule has 0 aliphatic carbocycles. The highest BCUT2D eigenvalue weighted by Gasteiger charge is 2.47. The molecule has 6 heteroatoms. The second-order valence-corrected chi connectivity index (χ2v) is 8.53. The standard InChI is InChI=1S/C20H25ClN2O3/c1-13-11-14-15(12-16(13)21)20(25-17(14)5-8-22)6-9-23(10-7-20)18(24)26-19(2,3)4/h11-12,17H,5-7,9-10H2,1-4H3. The van der Waals surface area contributed by atoms with Gasteiger partial charge in [-0.15, -0.1) is 0 Å². The minimum absolute atomic E-state index is 0.237. The van der Waals surface area contributed by atoms with Crippen molar-refractivity contribution in [3.8, 4) is 6.07 Å². The van der Waals surface area contributed by atoms with E-state index in [1.165, 1.54) is 0 Å². The number of carbonyl (C=O) groups is 1. The van der Waals surface area contributed by atoms with E-state index in [4.69, 9.17) is 26.3 Å². The van der Waals surface area contributed by atoms with Crippen molar-refractivity contribution in [2.45, 2.75) is 64.3 Å². The fourth-order valence-corrected chi connectivity index (χ4v) is 3.93. The average Bonchev–Trinajstić information content (AvgIpc) is 2.81. The maximum absolute atomic E-state index is 12.3. The predicted octanol–water partition coefficient (Wildman–Crippen LogP) is 4.86. The summed E-state index contributed by atoms with van der Waals surface area (Å²) in [6.07, 6.45) is 1.12. The van der Waals surface area contributed by atoms with E-state index in [1.54, 1.807) is 4.90 Å². The Labute approximate surface area is 159 Å². The molecule has 140 valence electrons. The molecule has 1 saturated heterocycles. The highest BCUT2D eigenvalue weighted by molar-refractivity contribution is 6.31. The molecule has 2 aliphatic heterocycles. The molecule has 5 nitrogen and oxygen atoms in total. The van der Waals surface area contributed by atoms with E-state index in [0.29, 0.717) is 37.4 Å². The van der Waals surface area contributed by atoms with Crippen LogP contribution < -0.4 is 0 Å². The van der Waals surface area contributed by atoms with Gasteiger partial charge in [0.05, 0.1) is 24.2 Å². The van der Waals surface area contributed by atoms with Gasteiger partial charge in [-0.3, -0.25) is 0 Å². The smallest absolute Gasteiger partial charge is 0.410 e. The molecule has 26 heavy (non-hydrogen) atoms. The van der Waals surface area contributed by atoms with Crippen LogP contribution in [0.15, 0.2) is 12.1 Å². The number of hydrogen-bond donors (Lipinski definition) is 0. The third kappa shape index (κ3) is 3.54. The Morgan fingerprint density at radius 3 is 2.65 bits per heavy atom. The first-order chi connectivity index (χ1) is 12.1. The number of ether oxygens (including phenoxy) is 2. The Morgan fingerprint density at radius 2 is 2.08 bits per heavy atom. The summed E-state index contributed by atoms with van der Waals surface area (Å²) < 4.78 is 11.9. The summed E-state index contributed by atoms with van der Waals surface area (Å²) in [7, 11) is 0. The summed E-state index contributed by atoms with van der Waals surface area (Å²) in [5, 5.41) is 9.87. The van der Waals surface area contributed by atoms with Crippen molar-refractivity contribution in [2.75, 3.05) is 13.1 Å². The highest BCUT2D eigenvalue weighted by atomic mass is 35.5. The number of piperidine rings is 1. The molecule has 1 amide bonds. The zero-order valence-electron chi connectivity index (χ0n) is 15.8. The van der Waals surface area contributed by atoms with Crippen molar-refractivity contribution in [2.24, 2.45) is 0 Å². The number of rotatable bonds is 1. The Bertz CT molecular complexity index is 756. The fourth-order valence-electron chi connectivity index (χ4n) is 3.76. The summed E-state index contributed by atoms with van der Waals surface area (Å²) >= 11 is 6.37. The third-order valence-corrected chi connectivity index (χ3v) is 5.44. The van der Waals surface area contributed by atoms with Gasteiger partial charge in [-0.05, 0) is 63.3 Å². The van der Waals surface area contributed by atoms with Crippen LogP contribution >= 0.6 is 11.6 Å². The molecule has 1 spiro atoms. The van der Waals surface area contributed by atoms with Crippen molar-refractivity contribution in [1.29, 1.82) is 5.26 Å². The van der Waals surface area contributed by atoms with Crippen molar-refractivity contribution < 1.29 is 14.3 Å². The number of halogens is 1. The number of hydrogen-bond acceptors (Lipinski definition) is 4. The van der Waals surface area contributed by atoms with Crippen molar-refractivity contribution in [1.82, 2.24) is 4.90 Å². The second kappa shape index (κ2) is 6.75.